The summed E-state index contributed by atoms with van der Waals surface area (Å²) in [7, 11) is 0. The lowest BCUT2D eigenvalue weighted by atomic mass is 10.2. The highest BCUT2D eigenvalue weighted by molar-refractivity contribution is 7.09. The molecule has 4 heteroatoms. The zero-order valence-electron chi connectivity index (χ0n) is 5.53. The van der Waals surface area contributed by atoms with Crippen LogP contribution in [-0.2, 0) is 6.42 Å². The smallest absolute Gasteiger partial charge is 0.0794 e. The summed E-state index contributed by atoms with van der Waals surface area (Å²) in [5.74, 6) is 0. The molecule has 1 aromatic heterocycles. The first-order chi connectivity index (χ1) is 4.83. The van der Waals surface area contributed by atoms with Crippen molar-refractivity contribution in [2.45, 2.75) is 12.5 Å². The standard InChI is InChI=1S/C6H10N2OS/c7-5(3-9)1-6-2-8-4-10-6/h2,4-5,9H,1,3,7H2/t5-/m0/s1. The Labute approximate surface area is 63.5 Å². The minimum Gasteiger partial charge on any atom is -0.395 e. The molecule has 0 fully saturated rings. The fourth-order valence-corrected chi connectivity index (χ4v) is 1.36. The number of rotatable bonds is 3. The Kier molecular flexibility index (Phi) is 2.80. The number of aliphatic hydroxyl groups excluding tert-OH is 1. The monoisotopic (exact) mass is 158 g/mol. The number of hydrogen-bond acceptors (Lipinski definition) is 4. The zero-order chi connectivity index (χ0) is 7.40. The van der Waals surface area contributed by atoms with E-state index in [-0.39, 0.29) is 12.6 Å². The van der Waals surface area contributed by atoms with E-state index in [0.29, 0.717) is 0 Å². The van der Waals surface area contributed by atoms with Gasteiger partial charge in [0.05, 0.1) is 12.1 Å². The fraction of sp³-hybridized carbons (Fsp3) is 0.500. The molecule has 0 amide bonds. The van der Waals surface area contributed by atoms with Gasteiger partial charge in [-0.2, -0.15) is 0 Å². The van der Waals surface area contributed by atoms with Gasteiger partial charge in [-0.1, -0.05) is 0 Å². The lowest BCUT2D eigenvalue weighted by Gasteiger charge is -2.03. The minimum absolute atomic E-state index is 0.0396. The Morgan fingerprint density at radius 1 is 1.80 bits per heavy atom. The Balaban J connectivity index is 2.40. The van der Waals surface area contributed by atoms with Crippen LogP contribution >= 0.6 is 11.3 Å². The van der Waals surface area contributed by atoms with Crippen LogP contribution < -0.4 is 5.73 Å². The minimum atomic E-state index is -0.138. The van der Waals surface area contributed by atoms with Crippen LogP contribution in [0.5, 0.6) is 0 Å². The van der Waals surface area contributed by atoms with Crippen molar-refractivity contribution in [1.29, 1.82) is 0 Å². The maximum absolute atomic E-state index is 8.59. The molecular weight excluding hydrogens is 148 g/mol. The Bertz CT molecular complexity index is 176. The second-order valence-corrected chi connectivity index (χ2v) is 3.09. The lowest BCUT2D eigenvalue weighted by Crippen LogP contribution is -2.26. The third-order valence-electron chi connectivity index (χ3n) is 1.18. The van der Waals surface area contributed by atoms with Crippen molar-refractivity contribution < 1.29 is 5.11 Å². The van der Waals surface area contributed by atoms with E-state index in [0.717, 1.165) is 11.3 Å². The third kappa shape index (κ3) is 2.06. The molecule has 0 radical (unpaired) electrons. The van der Waals surface area contributed by atoms with Crippen molar-refractivity contribution in [1.82, 2.24) is 4.98 Å². The molecule has 0 aliphatic carbocycles. The molecule has 0 aliphatic rings. The number of thiazole rings is 1. The summed E-state index contributed by atoms with van der Waals surface area (Å²) in [6, 6.07) is -0.138. The zero-order valence-corrected chi connectivity index (χ0v) is 6.34. The van der Waals surface area contributed by atoms with E-state index in [4.69, 9.17) is 10.8 Å². The molecule has 56 valence electrons. The second kappa shape index (κ2) is 3.65. The molecule has 0 bridgehead atoms. The maximum Gasteiger partial charge on any atom is 0.0794 e. The molecule has 1 aromatic rings. The van der Waals surface area contributed by atoms with Crippen LogP contribution in [0, 0.1) is 0 Å². The summed E-state index contributed by atoms with van der Waals surface area (Å²) in [4.78, 5) is 5.02. The van der Waals surface area contributed by atoms with Crippen LogP contribution in [0.4, 0.5) is 0 Å². The molecule has 1 heterocycles. The van der Waals surface area contributed by atoms with E-state index in [1.807, 2.05) is 0 Å². The van der Waals surface area contributed by atoms with Gasteiger partial charge in [0, 0.05) is 23.5 Å². The van der Waals surface area contributed by atoms with Gasteiger partial charge in [0.2, 0.25) is 0 Å². The van der Waals surface area contributed by atoms with Gasteiger partial charge in [-0.05, 0) is 0 Å². The Hall–Kier alpha value is -0.450. The number of aromatic nitrogens is 1. The van der Waals surface area contributed by atoms with E-state index in [1.54, 1.807) is 23.0 Å². The highest BCUT2D eigenvalue weighted by Crippen LogP contribution is 2.06. The molecule has 1 rings (SSSR count). The average molecular weight is 158 g/mol. The molecule has 0 aliphatic heterocycles. The molecule has 3 N–H and O–H groups in total. The van der Waals surface area contributed by atoms with Crippen molar-refractivity contribution in [3.8, 4) is 0 Å². The number of nitrogens with two attached hydrogens (primary N) is 1. The largest absolute Gasteiger partial charge is 0.395 e. The van der Waals surface area contributed by atoms with E-state index in [1.165, 1.54) is 0 Å². The first-order valence-corrected chi connectivity index (χ1v) is 3.94. The molecule has 0 saturated carbocycles. The van der Waals surface area contributed by atoms with Crippen LogP contribution in [-0.4, -0.2) is 22.7 Å². The molecule has 1 atom stereocenters. The summed E-state index contributed by atoms with van der Waals surface area (Å²) in [6.45, 7) is 0.0396. The van der Waals surface area contributed by atoms with Gasteiger partial charge in [0.1, 0.15) is 0 Å². The van der Waals surface area contributed by atoms with Gasteiger partial charge in [-0.25, -0.2) is 0 Å². The SMILES string of the molecule is N[C@H](CO)Cc1cncs1. The first-order valence-electron chi connectivity index (χ1n) is 3.06. The molecule has 0 aromatic carbocycles. The lowest BCUT2D eigenvalue weighted by molar-refractivity contribution is 0.265. The van der Waals surface area contributed by atoms with Crippen molar-refractivity contribution >= 4 is 11.3 Å². The van der Waals surface area contributed by atoms with Gasteiger partial charge in [0.25, 0.3) is 0 Å². The first kappa shape index (κ1) is 7.65. The quantitative estimate of drug-likeness (QED) is 0.651. The molecule has 10 heavy (non-hydrogen) atoms. The van der Waals surface area contributed by atoms with Crippen molar-refractivity contribution in [2.75, 3.05) is 6.61 Å². The van der Waals surface area contributed by atoms with Gasteiger partial charge in [-0.15, -0.1) is 11.3 Å². The number of hydrogen-bond donors (Lipinski definition) is 2. The molecule has 0 unspecified atom stereocenters. The van der Waals surface area contributed by atoms with E-state index in [9.17, 15) is 0 Å². The molecule has 0 saturated heterocycles. The Morgan fingerprint density at radius 3 is 3.10 bits per heavy atom. The van der Waals surface area contributed by atoms with Gasteiger partial charge < -0.3 is 10.8 Å². The van der Waals surface area contributed by atoms with E-state index >= 15 is 0 Å². The summed E-state index contributed by atoms with van der Waals surface area (Å²) in [6.07, 6.45) is 2.50. The Morgan fingerprint density at radius 2 is 2.60 bits per heavy atom. The number of nitrogens with zero attached hydrogens (tertiary/aromatic N) is 1. The molecular formula is C6H10N2OS. The number of aliphatic hydroxyl groups is 1. The summed E-state index contributed by atoms with van der Waals surface area (Å²) >= 11 is 1.56. The topological polar surface area (TPSA) is 59.1 Å². The highest BCUT2D eigenvalue weighted by Gasteiger charge is 2.02. The predicted octanol–water partition coefficient (Wildman–Crippen LogP) is 0.00520. The normalized spacial score (nSPS) is 13.4. The van der Waals surface area contributed by atoms with Crippen molar-refractivity contribution in [2.24, 2.45) is 5.73 Å². The van der Waals surface area contributed by atoms with Gasteiger partial charge in [0.15, 0.2) is 0 Å². The van der Waals surface area contributed by atoms with Crippen LogP contribution in [0.1, 0.15) is 4.88 Å². The van der Waals surface area contributed by atoms with Gasteiger partial charge >= 0.3 is 0 Å². The van der Waals surface area contributed by atoms with Crippen LogP contribution in [0.2, 0.25) is 0 Å². The fourth-order valence-electron chi connectivity index (χ4n) is 0.666. The van der Waals surface area contributed by atoms with Crippen molar-refractivity contribution in [3.63, 3.8) is 0 Å². The molecule has 0 spiro atoms. The van der Waals surface area contributed by atoms with Crippen molar-refractivity contribution in [3.05, 3.63) is 16.6 Å². The van der Waals surface area contributed by atoms with Crippen LogP contribution in [0.15, 0.2) is 11.7 Å². The van der Waals surface area contributed by atoms with Crippen LogP contribution in [0.25, 0.3) is 0 Å². The van der Waals surface area contributed by atoms with Gasteiger partial charge in [-0.3, -0.25) is 4.98 Å². The van der Waals surface area contributed by atoms with Crippen LogP contribution in [0.3, 0.4) is 0 Å². The summed E-state index contributed by atoms with van der Waals surface area (Å²) in [5.41, 5.74) is 7.26. The molecule has 3 nitrogen and oxygen atoms in total. The summed E-state index contributed by atoms with van der Waals surface area (Å²) < 4.78 is 0. The third-order valence-corrected chi connectivity index (χ3v) is 1.98. The average Bonchev–Trinajstić information content (AvgIpc) is 2.40. The van der Waals surface area contributed by atoms with E-state index < -0.39 is 0 Å². The highest BCUT2D eigenvalue weighted by atomic mass is 32.1. The summed E-state index contributed by atoms with van der Waals surface area (Å²) in [5, 5.41) is 8.59. The van der Waals surface area contributed by atoms with E-state index in [2.05, 4.69) is 4.98 Å². The second-order valence-electron chi connectivity index (χ2n) is 2.11. The maximum atomic E-state index is 8.59. The predicted molar refractivity (Wildman–Crippen MR) is 40.9 cm³/mol.